The standard InChI is InChI=1S/C28H29N5O3.C2H5NO.C2H2/c1-32(2)27(34)22-14-18(10-11-24(22)31-28(35)33-12-6-7-13-33)19-15-21-23(17-30-26(21)29-16-19)20-8-4-5-9-25(20)36-3;1-2(3)4;1-2/h4-5,8-11,14-17H,6-7,12-13H2,1-3H3,(H,29,30)(H,31,35);1H3,(H2,3,4);1-2H. The van der Waals surface area contributed by atoms with Gasteiger partial charge in [0.1, 0.15) is 11.4 Å². The number of ether oxygens (including phenoxy) is 1. The topological polar surface area (TPSA) is 134 Å². The predicted molar refractivity (Wildman–Crippen MR) is 166 cm³/mol. The van der Waals surface area contributed by atoms with Gasteiger partial charge in [0.05, 0.1) is 18.4 Å². The molecule has 0 atom stereocenters. The van der Waals surface area contributed by atoms with Gasteiger partial charge >= 0.3 is 6.03 Å². The number of nitrogens with one attached hydrogen (secondary N) is 2. The Morgan fingerprint density at radius 3 is 2.33 bits per heavy atom. The number of likely N-dealkylation sites (tertiary alicyclic amines) is 1. The minimum Gasteiger partial charge on any atom is -0.496 e. The molecule has 4 N–H and O–H groups in total. The summed E-state index contributed by atoms with van der Waals surface area (Å²) in [7, 11) is 5.06. The number of hydrogen-bond acceptors (Lipinski definition) is 5. The minimum atomic E-state index is -0.333. The number of anilines is 1. The maximum Gasteiger partial charge on any atom is 0.321 e. The highest BCUT2D eigenvalue weighted by molar-refractivity contribution is 6.05. The SMILES string of the molecule is C#C.CC(N)=O.COc1ccccc1-c1c[nH]c2ncc(-c3ccc(NC(=O)N4CCCC4)c(C(=O)N(C)C)c3)cc12. The van der Waals surface area contributed by atoms with Crippen LogP contribution >= 0.6 is 0 Å². The number of benzene rings is 2. The van der Waals surface area contributed by atoms with Gasteiger partial charge in [-0.05, 0) is 42.7 Å². The second kappa shape index (κ2) is 14.4. The average Bonchev–Trinajstić information content (AvgIpc) is 3.68. The Hall–Kier alpha value is -5.30. The Morgan fingerprint density at radius 1 is 1.02 bits per heavy atom. The highest BCUT2D eigenvalue weighted by Crippen LogP contribution is 2.36. The zero-order valence-electron chi connectivity index (χ0n) is 24.3. The lowest BCUT2D eigenvalue weighted by Gasteiger charge is -2.20. The molecule has 1 saturated heterocycles. The second-order valence-electron chi connectivity index (χ2n) is 9.72. The van der Waals surface area contributed by atoms with Crippen LogP contribution in [0, 0.1) is 12.8 Å². The number of rotatable bonds is 5. The number of carbonyl (C=O) groups is 3. The monoisotopic (exact) mass is 568 g/mol. The Morgan fingerprint density at radius 2 is 1.69 bits per heavy atom. The van der Waals surface area contributed by atoms with Crippen LogP contribution in [0.4, 0.5) is 10.5 Å². The van der Waals surface area contributed by atoms with E-state index in [4.69, 9.17) is 4.74 Å². The van der Waals surface area contributed by atoms with Gasteiger partial charge in [-0.2, -0.15) is 0 Å². The zero-order chi connectivity index (χ0) is 30.8. The summed E-state index contributed by atoms with van der Waals surface area (Å²) < 4.78 is 5.56. The molecule has 2 aromatic carbocycles. The second-order valence-corrected chi connectivity index (χ2v) is 9.72. The van der Waals surface area contributed by atoms with Gasteiger partial charge in [0.25, 0.3) is 5.91 Å². The molecular weight excluding hydrogens is 532 g/mol. The maximum atomic E-state index is 13.1. The van der Waals surface area contributed by atoms with Gasteiger partial charge in [0.2, 0.25) is 5.91 Å². The first kappa shape index (κ1) is 31.2. The number of primary amides is 1. The molecule has 0 aliphatic carbocycles. The molecule has 0 bridgehead atoms. The van der Waals surface area contributed by atoms with Crippen molar-refractivity contribution in [3.8, 4) is 40.9 Å². The van der Waals surface area contributed by atoms with E-state index in [0.717, 1.165) is 65.0 Å². The highest BCUT2D eigenvalue weighted by Gasteiger charge is 2.22. The van der Waals surface area contributed by atoms with Crippen LogP contribution in [0.5, 0.6) is 5.75 Å². The summed E-state index contributed by atoms with van der Waals surface area (Å²) in [6.07, 6.45) is 13.7. The third-order valence-corrected chi connectivity index (χ3v) is 6.55. The quantitative estimate of drug-likeness (QED) is 0.292. The van der Waals surface area contributed by atoms with E-state index in [-0.39, 0.29) is 17.8 Å². The molecule has 10 heteroatoms. The fourth-order valence-corrected chi connectivity index (χ4v) is 4.62. The smallest absolute Gasteiger partial charge is 0.321 e. The summed E-state index contributed by atoms with van der Waals surface area (Å²) in [5, 5.41) is 3.89. The molecule has 1 aliphatic heterocycles. The molecular formula is C32H36N6O4. The summed E-state index contributed by atoms with van der Waals surface area (Å²) in [5.74, 6) is 0.264. The fraction of sp³-hybridized carbons (Fsp3) is 0.250. The molecule has 0 saturated carbocycles. The molecule has 5 rings (SSSR count). The van der Waals surface area contributed by atoms with Crippen molar-refractivity contribution >= 4 is 34.6 Å². The van der Waals surface area contributed by atoms with Crippen molar-refractivity contribution < 1.29 is 19.1 Å². The van der Waals surface area contributed by atoms with Crippen molar-refractivity contribution in [1.29, 1.82) is 0 Å². The van der Waals surface area contributed by atoms with Crippen LogP contribution in [-0.2, 0) is 4.79 Å². The van der Waals surface area contributed by atoms with Gasteiger partial charge in [0.15, 0.2) is 0 Å². The third-order valence-electron chi connectivity index (χ3n) is 6.55. The summed E-state index contributed by atoms with van der Waals surface area (Å²) in [4.78, 5) is 46.2. The van der Waals surface area contributed by atoms with Crippen LogP contribution in [0.1, 0.15) is 30.1 Å². The Labute approximate surface area is 245 Å². The summed E-state index contributed by atoms with van der Waals surface area (Å²) in [6.45, 7) is 2.77. The number of aromatic amines is 1. The molecule has 1 aliphatic rings. The number of para-hydroxylation sites is 1. The number of nitrogens with two attached hydrogens (primary N) is 1. The van der Waals surface area contributed by atoms with E-state index in [1.165, 1.54) is 11.8 Å². The van der Waals surface area contributed by atoms with E-state index in [1.54, 1.807) is 38.4 Å². The summed E-state index contributed by atoms with van der Waals surface area (Å²) in [6, 6.07) is 15.3. The number of H-pyrrole nitrogens is 1. The number of fused-ring (bicyclic) bond motifs is 1. The number of urea groups is 1. The molecule has 4 amide bonds. The number of carbonyl (C=O) groups excluding carboxylic acids is 3. The van der Waals surface area contributed by atoms with Crippen molar-refractivity contribution in [3.05, 3.63) is 66.5 Å². The highest BCUT2D eigenvalue weighted by atomic mass is 16.5. The van der Waals surface area contributed by atoms with Gasteiger partial charge in [-0.1, -0.05) is 24.3 Å². The first-order valence-corrected chi connectivity index (χ1v) is 13.3. The molecule has 0 spiro atoms. The molecule has 3 heterocycles. The van der Waals surface area contributed by atoms with Crippen molar-refractivity contribution in [3.63, 3.8) is 0 Å². The van der Waals surface area contributed by atoms with Crippen LogP contribution in [0.3, 0.4) is 0 Å². The van der Waals surface area contributed by atoms with Gasteiger partial charge in [-0.25, -0.2) is 9.78 Å². The van der Waals surface area contributed by atoms with E-state index in [2.05, 4.69) is 39.9 Å². The predicted octanol–water partition coefficient (Wildman–Crippen LogP) is 4.98. The number of hydrogen-bond donors (Lipinski definition) is 3. The van der Waals surface area contributed by atoms with Gasteiger partial charge in [-0.15, -0.1) is 12.8 Å². The van der Waals surface area contributed by atoms with Gasteiger partial charge in [0, 0.05) is 68.6 Å². The van der Waals surface area contributed by atoms with Crippen molar-refractivity contribution in [1.82, 2.24) is 19.8 Å². The number of terminal acetylenes is 1. The van der Waals surface area contributed by atoms with E-state index in [0.29, 0.717) is 11.3 Å². The first-order valence-electron chi connectivity index (χ1n) is 13.3. The summed E-state index contributed by atoms with van der Waals surface area (Å²) >= 11 is 0. The molecule has 10 nitrogen and oxygen atoms in total. The number of pyridine rings is 1. The number of amides is 4. The molecule has 4 aromatic rings. The van der Waals surface area contributed by atoms with Gasteiger partial charge < -0.3 is 30.6 Å². The van der Waals surface area contributed by atoms with Crippen molar-refractivity contribution in [2.75, 3.05) is 39.6 Å². The van der Waals surface area contributed by atoms with Gasteiger partial charge in [-0.3, -0.25) is 9.59 Å². The van der Waals surface area contributed by atoms with E-state index in [1.807, 2.05) is 42.6 Å². The first-order chi connectivity index (χ1) is 20.2. The van der Waals surface area contributed by atoms with Crippen LogP contribution in [0.15, 0.2) is 60.9 Å². The minimum absolute atomic E-state index is 0.176. The normalized spacial score (nSPS) is 11.9. The third kappa shape index (κ3) is 7.26. The summed E-state index contributed by atoms with van der Waals surface area (Å²) in [5.41, 5.74) is 9.82. The Bertz CT molecular complexity index is 1580. The number of methoxy groups -OCH3 is 1. The molecule has 1 fully saturated rings. The van der Waals surface area contributed by atoms with Crippen molar-refractivity contribution in [2.45, 2.75) is 19.8 Å². The van der Waals surface area contributed by atoms with Crippen molar-refractivity contribution in [2.24, 2.45) is 5.73 Å². The lowest BCUT2D eigenvalue weighted by Crippen LogP contribution is -2.33. The Kier molecular flexibility index (Phi) is 10.7. The van der Waals surface area contributed by atoms with E-state index in [9.17, 15) is 14.4 Å². The maximum absolute atomic E-state index is 13.1. The lowest BCUT2D eigenvalue weighted by molar-refractivity contribution is -0.115. The van der Waals surface area contributed by atoms with Crippen LogP contribution in [0.25, 0.3) is 33.3 Å². The average molecular weight is 569 g/mol. The molecule has 218 valence electrons. The van der Waals surface area contributed by atoms with Crippen LogP contribution < -0.4 is 15.8 Å². The fourth-order valence-electron chi connectivity index (χ4n) is 4.62. The molecule has 0 unspecified atom stereocenters. The largest absolute Gasteiger partial charge is 0.496 e. The van der Waals surface area contributed by atoms with Crippen LogP contribution in [-0.4, -0.2) is 71.9 Å². The van der Waals surface area contributed by atoms with E-state index >= 15 is 0 Å². The Balaban J connectivity index is 0.000000745. The van der Waals surface area contributed by atoms with Crippen LogP contribution in [0.2, 0.25) is 0 Å². The number of nitrogens with zero attached hydrogens (tertiary/aromatic N) is 3. The lowest BCUT2D eigenvalue weighted by atomic mass is 9.99. The molecule has 42 heavy (non-hydrogen) atoms. The van der Waals surface area contributed by atoms with E-state index < -0.39 is 0 Å². The molecule has 0 radical (unpaired) electrons. The number of aromatic nitrogens is 2. The zero-order valence-corrected chi connectivity index (χ0v) is 24.3. The molecule has 2 aromatic heterocycles.